The number of phenols is 1. The molecule has 100 valence electrons. The highest BCUT2D eigenvalue weighted by atomic mass is 16.4. The van der Waals surface area contributed by atoms with Crippen molar-refractivity contribution in [3.05, 3.63) is 78.4 Å². The molecule has 20 heavy (non-hydrogen) atoms. The van der Waals surface area contributed by atoms with E-state index in [1.54, 1.807) is 36.4 Å². The van der Waals surface area contributed by atoms with Crippen LogP contribution in [0, 0.1) is 0 Å². The summed E-state index contributed by atoms with van der Waals surface area (Å²) in [5.41, 5.74) is 0.331. The zero-order valence-corrected chi connectivity index (χ0v) is 10.7. The second-order valence-electron chi connectivity index (χ2n) is 4.17. The molecule has 3 heteroatoms. The van der Waals surface area contributed by atoms with Crippen molar-refractivity contribution in [2.75, 3.05) is 0 Å². The Morgan fingerprint density at radius 1 is 0.750 bits per heavy atom. The molecule has 2 N–H and O–H groups in total. The average Bonchev–Trinajstić information content (AvgIpc) is 2.49. The Hall–Kier alpha value is -2.81. The maximum atomic E-state index is 10.2. The van der Waals surface area contributed by atoms with Gasteiger partial charge in [0.15, 0.2) is 0 Å². The number of phenolic OH excluding ortho intramolecular Hbond substituents is 1. The van der Waals surface area contributed by atoms with Crippen LogP contribution in [0.2, 0.25) is 0 Å². The quantitative estimate of drug-likeness (QED) is 0.701. The molecule has 0 aliphatic heterocycles. The molecule has 0 aliphatic rings. The van der Waals surface area contributed by atoms with Gasteiger partial charge in [0, 0.05) is 5.39 Å². The lowest BCUT2D eigenvalue weighted by atomic mass is 10.1. The third kappa shape index (κ3) is 3.36. The van der Waals surface area contributed by atoms with Crippen LogP contribution < -0.4 is 0 Å². The number of fused-ring (bicyclic) bond motifs is 1. The monoisotopic (exact) mass is 266 g/mol. The molecule has 3 rings (SSSR count). The molecule has 0 aliphatic carbocycles. The van der Waals surface area contributed by atoms with E-state index < -0.39 is 5.97 Å². The fourth-order valence-electron chi connectivity index (χ4n) is 1.79. The molecular formula is C17H14O3. The van der Waals surface area contributed by atoms with Crippen LogP contribution in [0.4, 0.5) is 0 Å². The summed E-state index contributed by atoms with van der Waals surface area (Å²) >= 11 is 0. The van der Waals surface area contributed by atoms with Gasteiger partial charge in [-0.2, -0.15) is 0 Å². The van der Waals surface area contributed by atoms with E-state index >= 15 is 0 Å². The summed E-state index contributed by atoms with van der Waals surface area (Å²) in [6.07, 6.45) is 0. The molecule has 0 bridgehead atoms. The topological polar surface area (TPSA) is 57.5 Å². The Labute approximate surface area is 116 Å². The minimum Gasteiger partial charge on any atom is -0.507 e. The van der Waals surface area contributed by atoms with E-state index in [-0.39, 0.29) is 0 Å². The number of carbonyl (C=O) groups is 1. The molecule has 0 unspecified atom stereocenters. The zero-order chi connectivity index (χ0) is 14.4. The van der Waals surface area contributed by atoms with Gasteiger partial charge in [-0.15, -0.1) is 0 Å². The Bertz CT molecular complexity index is 700. The van der Waals surface area contributed by atoms with E-state index in [0.29, 0.717) is 11.3 Å². The summed E-state index contributed by atoms with van der Waals surface area (Å²) < 4.78 is 0. The van der Waals surface area contributed by atoms with Crippen molar-refractivity contribution in [2.24, 2.45) is 0 Å². The lowest BCUT2D eigenvalue weighted by molar-refractivity contribution is 0.0697. The van der Waals surface area contributed by atoms with Gasteiger partial charge in [-0.05, 0) is 23.6 Å². The van der Waals surface area contributed by atoms with Crippen molar-refractivity contribution in [2.45, 2.75) is 0 Å². The first kappa shape index (κ1) is 13.6. The first-order valence-corrected chi connectivity index (χ1v) is 6.13. The van der Waals surface area contributed by atoms with Crippen molar-refractivity contribution in [3.63, 3.8) is 0 Å². The van der Waals surface area contributed by atoms with Gasteiger partial charge in [0.05, 0.1) is 5.56 Å². The van der Waals surface area contributed by atoms with Crippen molar-refractivity contribution >= 4 is 16.7 Å². The Morgan fingerprint density at radius 2 is 1.35 bits per heavy atom. The largest absolute Gasteiger partial charge is 0.507 e. The van der Waals surface area contributed by atoms with Gasteiger partial charge >= 0.3 is 5.97 Å². The minimum atomic E-state index is -0.879. The Morgan fingerprint density at radius 3 is 1.95 bits per heavy atom. The Kier molecular flexibility index (Phi) is 4.35. The van der Waals surface area contributed by atoms with Crippen LogP contribution in [-0.2, 0) is 0 Å². The molecule has 0 atom stereocenters. The predicted octanol–water partition coefficient (Wildman–Crippen LogP) is 3.93. The molecule has 0 spiro atoms. The molecule has 0 aromatic heterocycles. The van der Waals surface area contributed by atoms with Crippen LogP contribution >= 0.6 is 0 Å². The van der Waals surface area contributed by atoms with Crippen molar-refractivity contribution in [3.8, 4) is 5.75 Å². The molecule has 0 fully saturated rings. The second-order valence-corrected chi connectivity index (χ2v) is 4.17. The average molecular weight is 266 g/mol. The molecule has 0 amide bonds. The number of hydrogen-bond donors (Lipinski definition) is 2. The SMILES string of the molecule is O=C(O)c1ccccc1.Oc1cccc2ccccc12. The molecule has 3 aromatic carbocycles. The number of hydrogen-bond acceptors (Lipinski definition) is 2. The van der Waals surface area contributed by atoms with Crippen molar-refractivity contribution in [1.29, 1.82) is 0 Å². The van der Waals surface area contributed by atoms with E-state index in [0.717, 1.165) is 10.8 Å². The van der Waals surface area contributed by atoms with Crippen LogP contribution in [0.5, 0.6) is 5.75 Å². The van der Waals surface area contributed by atoms with Crippen LogP contribution in [0.25, 0.3) is 10.8 Å². The van der Waals surface area contributed by atoms with E-state index in [1.807, 2.05) is 36.4 Å². The van der Waals surface area contributed by atoms with Crippen LogP contribution in [0.3, 0.4) is 0 Å². The van der Waals surface area contributed by atoms with E-state index in [2.05, 4.69) is 0 Å². The minimum absolute atomic E-state index is 0.331. The smallest absolute Gasteiger partial charge is 0.335 e. The second kappa shape index (κ2) is 6.38. The highest BCUT2D eigenvalue weighted by Gasteiger charge is 1.96. The van der Waals surface area contributed by atoms with Gasteiger partial charge < -0.3 is 10.2 Å². The number of carboxylic acids is 1. The van der Waals surface area contributed by atoms with Gasteiger partial charge in [0.1, 0.15) is 5.75 Å². The fourth-order valence-corrected chi connectivity index (χ4v) is 1.79. The van der Waals surface area contributed by atoms with Gasteiger partial charge in [0.25, 0.3) is 0 Å². The molecule has 0 heterocycles. The van der Waals surface area contributed by atoms with E-state index in [4.69, 9.17) is 5.11 Å². The van der Waals surface area contributed by atoms with Crippen LogP contribution in [-0.4, -0.2) is 16.2 Å². The summed E-state index contributed by atoms with van der Waals surface area (Å²) in [5, 5.41) is 19.7. The molecular weight excluding hydrogens is 252 g/mol. The summed E-state index contributed by atoms with van der Waals surface area (Å²) in [6.45, 7) is 0. The molecule has 0 saturated carbocycles. The summed E-state index contributed by atoms with van der Waals surface area (Å²) in [4.78, 5) is 10.2. The van der Waals surface area contributed by atoms with Crippen LogP contribution in [0.1, 0.15) is 10.4 Å². The lowest BCUT2D eigenvalue weighted by Gasteiger charge is -1.97. The first-order valence-electron chi connectivity index (χ1n) is 6.13. The third-order valence-corrected chi connectivity index (χ3v) is 2.79. The van der Waals surface area contributed by atoms with Gasteiger partial charge in [0.2, 0.25) is 0 Å². The molecule has 0 saturated heterocycles. The normalized spacial score (nSPS) is 9.60. The Balaban J connectivity index is 0.000000151. The summed E-state index contributed by atoms with van der Waals surface area (Å²) in [6, 6.07) is 21.6. The van der Waals surface area contributed by atoms with Gasteiger partial charge in [-0.1, -0.05) is 54.6 Å². The number of aromatic hydroxyl groups is 1. The maximum Gasteiger partial charge on any atom is 0.335 e. The van der Waals surface area contributed by atoms with E-state index in [1.165, 1.54) is 0 Å². The summed E-state index contributed by atoms with van der Waals surface area (Å²) in [5.74, 6) is -0.529. The lowest BCUT2D eigenvalue weighted by Crippen LogP contribution is -1.93. The standard InChI is InChI=1S/C10H8O.C7H6O2/c11-10-7-3-5-8-4-1-2-6-9(8)10;8-7(9)6-4-2-1-3-5-6/h1-7,11H;1-5H,(H,8,9). The first-order chi connectivity index (χ1) is 9.68. The third-order valence-electron chi connectivity index (χ3n) is 2.79. The number of benzene rings is 3. The zero-order valence-electron chi connectivity index (χ0n) is 10.7. The maximum absolute atomic E-state index is 10.2. The highest BCUT2D eigenvalue weighted by molar-refractivity contribution is 5.88. The van der Waals surface area contributed by atoms with Crippen molar-refractivity contribution in [1.82, 2.24) is 0 Å². The molecule has 3 nitrogen and oxygen atoms in total. The molecule has 3 aromatic rings. The van der Waals surface area contributed by atoms with Gasteiger partial charge in [-0.3, -0.25) is 0 Å². The van der Waals surface area contributed by atoms with Crippen LogP contribution in [0.15, 0.2) is 72.8 Å². The summed E-state index contributed by atoms with van der Waals surface area (Å²) in [7, 11) is 0. The predicted molar refractivity (Wildman–Crippen MR) is 79.0 cm³/mol. The number of rotatable bonds is 1. The van der Waals surface area contributed by atoms with Gasteiger partial charge in [-0.25, -0.2) is 4.79 Å². The number of aromatic carboxylic acids is 1. The highest BCUT2D eigenvalue weighted by Crippen LogP contribution is 2.22. The number of carboxylic acid groups (broad SMARTS) is 1. The fraction of sp³-hybridized carbons (Fsp3) is 0. The molecule has 0 radical (unpaired) electrons. The van der Waals surface area contributed by atoms with Crippen molar-refractivity contribution < 1.29 is 15.0 Å². The van der Waals surface area contributed by atoms with E-state index in [9.17, 15) is 9.90 Å².